The summed E-state index contributed by atoms with van der Waals surface area (Å²) in [5.41, 5.74) is 3.12. The van der Waals surface area contributed by atoms with Gasteiger partial charge in [0.2, 0.25) is 0 Å². The largest absolute Gasteiger partial charge is 0.292 e. The Kier molecular flexibility index (Phi) is 4.45. The minimum Gasteiger partial charge on any atom is -0.292 e. The predicted molar refractivity (Wildman–Crippen MR) is 113 cm³/mol. The zero-order chi connectivity index (χ0) is 20.0. The number of carbonyl (C=O) groups is 1. The Morgan fingerprint density at radius 1 is 1.21 bits per heavy atom. The molecule has 150 valence electrons. The van der Waals surface area contributed by atoms with Crippen LogP contribution in [0.4, 0.5) is 5.69 Å². The van der Waals surface area contributed by atoms with Gasteiger partial charge in [-0.3, -0.25) is 14.5 Å². The Hall–Kier alpha value is -2.96. The Labute approximate surface area is 170 Å². The summed E-state index contributed by atoms with van der Waals surface area (Å²) in [5.74, 6) is 0.642. The first kappa shape index (κ1) is 18.1. The second-order valence-electron chi connectivity index (χ2n) is 8.29. The molecule has 1 aliphatic heterocycles. The van der Waals surface area contributed by atoms with E-state index in [0.717, 1.165) is 35.8 Å². The second kappa shape index (κ2) is 7.13. The molecule has 0 spiro atoms. The van der Waals surface area contributed by atoms with Crippen LogP contribution in [0.3, 0.4) is 0 Å². The number of nitrogens with zero attached hydrogens (tertiary/aromatic N) is 6. The molecule has 2 aromatic heterocycles. The molecule has 2 atom stereocenters. The minimum absolute atomic E-state index is 0.0575. The van der Waals surface area contributed by atoms with Crippen molar-refractivity contribution >= 4 is 22.9 Å². The van der Waals surface area contributed by atoms with E-state index in [1.807, 2.05) is 33.6 Å². The van der Waals surface area contributed by atoms with E-state index in [4.69, 9.17) is 5.10 Å². The van der Waals surface area contributed by atoms with Crippen molar-refractivity contribution in [3.8, 4) is 0 Å². The van der Waals surface area contributed by atoms with Crippen LogP contribution >= 0.6 is 0 Å². The number of rotatable bonds is 5. The zero-order valence-corrected chi connectivity index (χ0v) is 16.9. The second-order valence-corrected chi connectivity index (χ2v) is 8.29. The molecule has 7 nitrogen and oxygen atoms in total. The monoisotopic (exact) mass is 390 g/mol. The van der Waals surface area contributed by atoms with Crippen molar-refractivity contribution in [3.05, 3.63) is 48.6 Å². The lowest BCUT2D eigenvalue weighted by Gasteiger charge is -2.27. The van der Waals surface area contributed by atoms with E-state index >= 15 is 0 Å². The van der Waals surface area contributed by atoms with Crippen LogP contribution in [0.5, 0.6) is 0 Å². The van der Waals surface area contributed by atoms with Gasteiger partial charge in [-0.25, -0.2) is 4.68 Å². The lowest BCUT2D eigenvalue weighted by molar-refractivity contribution is -0.116. The highest BCUT2D eigenvalue weighted by molar-refractivity contribution is 6.47. The molecule has 0 radical (unpaired) electrons. The normalized spacial score (nSPS) is 23.2. The highest BCUT2D eigenvalue weighted by Gasteiger charge is 2.33. The molecule has 2 aromatic rings. The molecule has 0 saturated heterocycles. The van der Waals surface area contributed by atoms with E-state index in [-0.39, 0.29) is 11.7 Å². The Morgan fingerprint density at radius 3 is 2.83 bits per heavy atom. The van der Waals surface area contributed by atoms with Gasteiger partial charge < -0.3 is 0 Å². The molecule has 0 amide bonds. The maximum absolute atomic E-state index is 13.0. The maximum Gasteiger partial charge on any atom is 0.189 e. The number of hydrazone groups is 1. The summed E-state index contributed by atoms with van der Waals surface area (Å²) >= 11 is 0. The van der Waals surface area contributed by atoms with Gasteiger partial charge in [0.05, 0.1) is 48.3 Å². The minimum atomic E-state index is -0.147. The molecule has 7 heteroatoms. The third-order valence-electron chi connectivity index (χ3n) is 6.06. The molecule has 0 bridgehead atoms. The Balaban J connectivity index is 1.49. The number of anilines is 1. The van der Waals surface area contributed by atoms with Crippen molar-refractivity contribution in [1.29, 1.82) is 0 Å². The van der Waals surface area contributed by atoms with E-state index < -0.39 is 0 Å². The fourth-order valence-corrected chi connectivity index (χ4v) is 4.05. The van der Waals surface area contributed by atoms with Crippen molar-refractivity contribution in [2.75, 3.05) is 11.6 Å². The first-order valence-electron chi connectivity index (χ1n) is 10.5. The average molecular weight is 390 g/mol. The van der Waals surface area contributed by atoms with Crippen molar-refractivity contribution in [1.82, 2.24) is 19.6 Å². The third-order valence-corrected chi connectivity index (χ3v) is 6.06. The lowest BCUT2D eigenvalue weighted by atomic mass is 9.98. The molecular weight excluding hydrogens is 364 g/mol. The number of carbonyl (C=O) groups excluding carboxylic acids is 1. The van der Waals surface area contributed by atoms with Gasteiger partial charge in [0.15, 0.2) is 11.5 Å². The van der Waals surface area contributed by atoms with Gasteiger partial charge in [-0.05, 0) is 50.7 Å². The van der Waals surface area contributed by atoms with Crippen molar-refractivity contribution in [3.63, 3.8) is 0 Å². The summed E-state index contributed by atoms with van der Waals surface area (Å²) in [5, 5.41) is 15.7. The van der Waals surface area contributed by atoms with Crippen LogP contribution in [0.2, 0.25) is 0 Å². The van der Waals surface area contributed by atoms with E-state index in [1.165, 1.54) is 12.8 Å². The SMILES string of the molecule is CC1CN(c2cnn(C(C)C3CC3)c2)N=C(c2ccnn2C2=CCCC=C2)C1=O. The fraction of sp³-hybridized carbons (Fsp3) is 0.455. The molecule has 2 unspecified atom stereocenters. The Bertz CT molecular complexity index is 1020. The number of hydrogen-bond acceptors (Lipinski definition) is 5. The molecule has 1 fully saturated rings. The smallest absolute Gasteiger partial charge is 0.189 e. The number of allylic oxidation sites excluding steroid dienone is 4. The maximum atomic E-state index is 13.0. The van der Waals surface area contributed by atoms with Gasteiger partial charge in [0, 0.05) is 5.92 Å². The van der Waals surface area contributed by atoms with Gasteiger partial charge in [-0.1, -0.05) is 19.1 Å². The average Bonchev–Trinajstić information content (AvgIpc) is 3.26. The summed E-state index contributed by atoms with van der Waals surface area (Å²) in [6.07, 6.45) is 16.5. The molecule has 0 aromatic carbocycles. The summed E-state index contributed by atoms with van der Waals surface area (Å²) in [4.78, 5) is 13.0. The third kappa shape index (κ3) is 3.34. The molecule has 3 heterocycles. The number of hydrogen-bond donors (Lipinski definition) is 0. The summed E-state index contributed by atoms with van der Waals surface area (Å²) in [6.45, 7) is 4.74. The van der Waals surface area contributed by atoms with Crippen LogP contribution in [-0.2, 0) is 4.79 Å². The van der Waals surface area contributed by atoms with Crippen LogP contribution in [0.1, 0.15) is 51.3 Å². The molecular formula is C22H26N6O. The van der Waals surface area contributed by atoms with Crippen molar-refractivity contribution in [2.45, 2.75) is 45.6 Å². The highest BCUT2D eigenvalue weighted by Crippen LogP contribution is 2.39. The molecule has 29 heavy (non-hydrogen) atoms. The van der Waals surface area contributed by atoms with Gasteiger partial charge in [-0.15, -0.1) is 0 Å². The van der Waals surface area contributed by atoms with Crippen LogP contribution < -0.4 is 5.01 Å². The first-order valence-corrected chi connectivity index (χ1v) is 10.5. The topological polar surface area (TPSA) is 68.3 Å². The molecule has 1 saturated carbocycles. The zero-order valence-electron chi connectivity index (χ0n) is 16.9. The first-order chi connectivity index (χ1) is 14.1. The fourth-order valence-electron chi connectivity index (χ4n) is 4.05. The Morgan fingerprint density at radius 2 is 2.07 bits per heavy atom. The van der Waals surface area contributed by atoms with Crippen LogP contribution in [-0.4, -0.2) is 37.6 Å². The molecule has 0 N–H and O–H groups in total. The van der Waals surface area contributed by atoms with E-state index in [9.17, 15) is 4.79 Å². The van der Waals surface area contributed by atoms with Crippen molar-refractivity contribution in [2.24, 2.45) is 16.9 Å². The highest BCUT2D eigenvalue weighted by atomic mass is 16.1. The standard InChI is InChI=1S/C22H26N6O/c1-15-13-27(19-12-24-26(14-19)16(2)17-8-9-17)25-21(22(15)29)20-10-11-23-28(20)18-6-4-3-5-7-18/h4,6-7,10-12,14-17H,3,5,8-9,13H2,1-2H3. The summed E-state index contributed by atoms with van der Waals surface area (Å²) < 4.78 is 3.85. The van der Waals surface area contributed by atoms with Crippen LogP contribution in [0.25, 0.3) is 5.70 Å². The lowest BCUT2D eigenvalue weighted by Crippen LogP contribution is -2.40. The molecule has 2 aliphatic carbocycles. The van der Waals surface area contributed by atoms with Crippen LogP contribution in [0.15, 0.2) is 48.0 Å². The molecule has 3 aliphatic rings. The quantitative estimate of drug-likeness (QED) is 0.781. The van der Waals surface area contributed by atoms with Gasteiger partial charge in [-0.2, -0.15) is 15.3 Å². The van der Waals surface area contributed by atoms with Crippen molar-refractivity contribution < 1.29 is 4.79 Å². The van der Waals surface area contributed by atoms with Gasteiger partial charge >= 0.3 is 0 Å². The summed E-state index contributed by atoms with van der Waals surface area (Å²) in [7, 11) is 0. The number of aromatic nitrogens is 4. The van der Waals surface area contributed by atoms with E-state index in [1.54, 1.807) is 6.20 Å². The summed E-state index contributed by atoms with van der Waals surface area (Å²) in [6, 6.07) is 2.27. The predicted octanol–water partition coefficient (Wildman–Crippen LogP) is 3.67. The van der Waals surface area contributed by atoms with Crippen LogP contribution in [0, 0.1) is 11.8 Å². The van der Waals surface area contributed by atoms with E-state index in [0.29, 0.717) is 18.3 Å². The molecule has 5 rings (SSSR count). The van der Waals surface area contributed by atoms with Gasteiger partial charge in [0.25, 0.3) is 0 Å². The van der Waals surface area contributed by atoms with Gasteiger partial charge in [0.1, 0.15) is 0 Å². The number of ketones is 1. The van der Waals surface area contributed by atoms with E-state index in [2.05, 4.69) is 41.5 Å². The number of Topliss-reactive ketones (excluding diaryl/α,β-unsaturated/α-hetero) is 1.